The predicted octanol–water partition coefficient (Wildman–Crippen LogP) is 0.127. The Morgan fingerprint density at radius 3 is 2.94 bits per heavy atom. The van der Waals surface area contributed by atoms with Gasteiger partial charge in [-0.25, -0.2) is 4.98 Å². The summed E-state index contributed by atoms with van der Waals surface area (Å²) < 4.78 is 0. The first-order valence-electron chi connectivity index (χ1n) is 5.39. The molecule has 8 nitrogen and oxygen atoms in total. The third kappa shape index (κ3) is 2.59. The molecule has 2 rings (SSSR count). The van der Waals surface area contributed by atoms with E-state index in [0.717, 1.165) is 0 Å². The summed E-state index contributed by atoms with van der Waals surface area (Å²) in [5.41, 5.74) is 0.331. The Morgan fingerprint density at radius 2 is 2.28 bits per heavy atom. The van der Waals surface area contributed by atoms with Crippen LogP contribution in [0.1, 0.15) is 29.3 Å². The molecule has 0 radical (unpaired) electrons. The number of anilines is 1. The van der Waals surface area contributed by atoms with Gasteiger partial charge in [0.05, 0.1) is 6.04 Å². The first kappa shape index (κ1) is 12.0. The Balaban J connectivity index is 2.07. The molecule has 18 heavy (non-hydrogen) atoms. The molecule has 94 valence electrons. The van der Waals surface area contributed by atoms with Gasteiger partial charge in [-0.3, -0.25) is 4.79 Å². The van der Waals surface area contributed by atoms with Crippen LogP contribution in [0, 0.1) is 0 Å². The normalized spacial score (nSPS) is 11.9. The number of nitrogens with one attached hydrogen (secondary N) is 3. The van der Waals surface area contributed by atoms with Crippen molar-refractivity contribution in [3.05, 3.63) is 29.7 Å². The minimum atomic E-state index is -0.337. The summed E-state index contributed by atoms with van der Waals surface area (Å²) in [6, 6.07) is 4.84. The molecule has 0 aliphatic carbocycles. The molecule has 3 N–H and O–H groups in total. The molecule has 1 unspecified atom stereocenters. The molecule has 2 aromatic heterocycles. The lowest BCUT2D eigenvalue weighted by Crippen LogP contribution is -2.28. The fraction of sp³-hybridized carbons (Fsp3) is 0.300. The quantitative estimate of drug-likeness (QED) is 0.708. The Hall–Kier alpha value is -2.51. The van der Waals surface area contributed by atoms with E-state index in [1.807, 2.05) is 0 Å². The number of pyridine rings is 1. The Bertz CT molecular complexity index is 525. The number of carbonyl (C=O) groups excluding carboxylic acids is 1. The molecule has 2 aromatic rings. The first-order chi connectivity index (χ1) is 8.70. The zero-order chi connectivity index (χ0) is 13.0. The number of carbonyl (C=O) groups is 1. The summed E-state index contributed by atoms with van der Waals surface area (Å²) in [4.78, 5) is 16.1. The Labute approximate surface area is 103 Å². The minimum absolute atomic E-state index is 0.288. The molecule has 0 aliphatic heterocycles. The summed E-state index contributed by atoms with van der Waals surface area (Å²) in [5.74, 6) is 0.771. The van der Waals surface area contributed by atoms with E-state index in [0.29, 0.717) is 17.3 Å². The van der Waals surface area contributed by atoms with E-state index in [1.165, 1.54) is 0 Å². The van der Waals surface area contributed by atoms with Crippen molar-refractivity contribution >= 4 is 11.7 Å². The fourth-order valence-electron chi connectivity index (χ4n) is 1.39. The number of aromatic amines is 1. The van der Waals surface area contributed by atoms with Crippen LogP contribution in [0.3, 0.4) is 0 Å². The van der Waals surface area contributed by atoms with Crippen LogP contribution in [0.2, 0.25) is 0 Å². The van der Waals surface area contributed by atoms with E-state index in [1.54, 1.807) is 32.2 Å². The van der Waals surface area contributed by atoms with E-state index >= 15 is 0 Å². The van der Waals surface area contributed by atoms with Crippen LogP contribution in [-0.2, 0) is 0 Å². The SMILES string of the molecule is CNc1cccc(C(=O)NC(C)c2nn[nH]n2)n1. The molecule has 0 saturated heterocycles. The number of nitrogens with zero attached hydrogens (tertiary/aromatic N) is 4. The van der Waals surface area contributed by atoms with Gasteiger partial charge in [0.25, 0.3) is 5.91 Å². The van der Waals surface area contributed by atoms with Crippen LogP contribution in [0.25, 0.3) is 0 Å². The smallest absolute Gasteiger partial charge is 0.270 e. The molecule has 2 heterocycles. The minimum Gasteiger partial charge on any atom is -0.373 e. The van der Waals surface area contributed by atoms with Gasteiger partial charge in [-0.2, -0.15) is 5.21 Å². The highest BCUT2D eigenvalue weighted by Crippen LogP contribution is 2.07. The van der Waals surface area contributed by atoms with E-state index in [2.05, 4.69) is 36.2 Å². The standard InChI is InChI=1S/C10H13N7O/c1-6(9-14-16-17-15-9)12-10(18)7-4-3-5-8(11-2)13-7/h3-6H,1-2H3,(H,11,13)(H,12,18)(H,14,15,16,17). The van der Waals surface area contributed by atoms with Gasteiger partial charge >= 0.3 is 0 Å². The van der Waals surface area contributed by atoms with E-state index in [9.17, 15) is 4.79 Å². The summed E-state index contributed by atoms with van der Waals surface area (Å²) in [5, 5.41) is 19.0. The highest BCUT2D eigenvalue weighted by Gasteiger charge is 2.15. The second-order valence-electron chi connectivity index (χ2n) is 3.62. The number of aromatic nitrogens is 5. The van der Waals surface area contributed by atoms with Crippen LogP contribution in [0.4, 0.5) is 5.82 Å². The second-order valence-corrected chi connectivity index (χ2v) is 3.62. The van der Waals surface area contributed by atoms with Crippen molar-refractivity contribution in [3.63, 3.8) is 0 Å². The number of H-pyrrole nitrogens is 1. The zero-order valence-electron chi connectivity index (χ0n) is 10.0. The monoisotopic (exact) mass is 247 g/mol. The first-order valence-corrected chi connectivity index (χ1v) is 5.39. The van der Waals surface area contributed by atoms with Crippen LogP contribution in [-0.4, -0.2) is 38.6 Å². The average molecular weight is 247 g/mol. The molecule has 0 aliphatic rings. The highest BCUT2D eigenvalue weighted by molar-refractivity contribution is 5.92. The lowest BCUT2D eigenvalue weighted by molar-refractivity contribution is 0.0933. The number of hydrogen-bond donors (Lipinski definition) is 3. The van der Waals surface area contributed by atoms with Gasteiger partial charge in [-0.15, -0.1) is 10.2 Å². The van der Waals surface area contributed by atoms with Crippen molar-refractivity contribution in [2.45, 2.75) is 13.0 Å². The molecule has 0 saturated carbocycles. The van der Waals surface area contributed by atoms with E-state index in [4.69, 9.17) is 0 Å². The second kappa shape index (κ2) is 5.21. The maximum Gasteiger partial charge on any atom is 0.270 e. The van der Waals surface area contributed by atoms with Crippen LogP contribution in [0.15, 0.2) is 18.2 Å². The van der Waals surface area contributed by atoms with Crippen molar-refractivity contribution in [3.8, 4) is 0 Å². The van der Waals surface area contributed by atoms with Gasteiger partial charge < -0.3 is 10.6 Å². The third-order valence-electron chi connectivity index (χ3n) is 2.33. The van der Waals surface area contributed by atoms with Crippen molar-refractivity contribution in [1.29, 1.82) is 0 Å². The van der Waals surface area contributed by atoms with Crippen LogP contribution < -0.4 is 10.6 Å². The van der Waals surface area contributed by atoms with Crippen molar-refractivity contribution in [2.75, 3.05) is 12.4 Å². The van der Waals surface area contributed by atoms with Crippen molar-refractivity contribution in [1.82, 2.24) is 30.9 Å². The maximum absolute atomic E-state index is 11.9. The zero-order valence-corrected chi connectivity index (χ0v) is 10.0. The van der Waals surface area contributed by atoms with Gasteiger partial charge in [-0.1, -0.05) is 11.3 Å². The Kier molecular flexibility index (Phi) is 3.46. The van der Waals surface area contributed by atoms with Gasteiger partial charge in [-0.05, 0) is 19.1 Å². The molecular formula is C10H13N7O. The van der Waals surface area contributed by atoms with Crippen molar-refractivity contribution in [2.24, 2.45) is 0 Å². The third-order valence-corrected chi connectivity index (χ3v) is 2.33. The molecular weight excluding hydrogens is 234 g/mol. The van der Waals surface area contributed by atoms with Gasteiger partial charge in [0.15, 0.2) is 5.82 Å². The molecule has 0 aromatic carbocycles. The fourth-order valence-corrected chi connectivity index (χ4v) is 1.39. The highest BCUT2D eigenvalue weighted by atomic mass is 16.1. The molecule has 1 amide bonds. The average Bonchev–Trinajstić information content (AvgIpc) is 2.92. The van der Waals surface area contributed by atoms with E-state index in [-0.39, 0.29) is 11.9 Å². The number of rotatable bonds is 4. The number of hydrogen-bond acceptors (Lipinski definition) is 6. The molecule has 0 spiro atoms. The molecule has 0 fully saturated rings. The van der Waals surface area contributed by atoms with Gasteiger partial charge in [0, 0.05) is 7.05 Å². The summed E-state index contributed by atoms with van der Waals surface area (Å²) in [6.07, 6.45) is 0. The lowest BCUT2D eigenvalue weighted by atomic mass is 10.2. The maximum atomic E-state index is 11.9. The summed E-state index contributed by atoms with van der Waals surface area (Å²) in [6.45, 7) is 1.77. The number of amides is 1. The van der Waals surface area contributed by atoms with Crippen LogP contribution >= 0.6 is 0 Å². The summed E-state index contributed by atoms with van der Waals surface area (Å²) in [7, 11) is 1.74. The summed E-state index contributed by atoms with van der Waals surface area (Å²) >= 11 is 0. The Morgan fingerprint density at radius 1 is 1.44 bits per heavy atom. The molecule has 1 atom stereocenters. The topological polar surface area (TPSA) is 108 Å². The van der Waals surface area contributed by atoms with Gasteiger partial charge in [0.1, 0.15) is 11.5 Å². The van der Waals surface area contributed by atoms with Crippen molar-refractivity contribution < 1.29 is 4.79 Å². The molecule has 0 bridgehead atoms. The lowest BCUT2D eigenvalue weighted by Gasteiger charge is -2.09. The largest absolute Gasteiger partial charge is 0.373 e. The van der Waals surface area contributed by atoms with Crippen LogP contribution in [0.5, 0.6) is 0 Å². The molecule has 8 heteroatoms. The van der Waals surface area contributed by atoms with Gasteiger partial charge in [0.2, 0.25) is 0 Å². The van der Waals surface area contributed by atoms with E-state index < -0.39 is 0 Å². The predicted molar refractivity (Wildman–Crippen MR) is 63.8 cm³/mol. The number of tetrazole rings is 1.